The van der Waals surface area contributed by atoms with Crippen molar-refractivity contribution < 1.29 is 0 Å². The maximum Gasteiger partial charge on any atom is 0.224 e. The fourth-order valence-electron chi connectivity index (χ4n) is 2.51. The molecule has 6 nitrogen and oxygen atoms in total. The van der Waals surface area contributed by atoms with Gasteiger partial charge in [0, 0.05) is 37.5 Å². The first-order chi connectivity index (χ1) is 11.7. The number of nitrogens with zero attached hydrogens (tertiary/aromatic N) is 4. The third kappa shape index (κ3) is 5.16. The average molecular weight is 326 g/mol. The van der Waals surface area contributed by atoms with Gasteiger partial charge in [0.15, 0.2) is 0 Å². The zero-order valence-electron chi connectivity index (χ0n) is 14.5. The van der Waals surface area contributed by atoms with Crippen molar-refractivity contribution in [2.75, 3.05) is 37.8 Å². The molecule has 2 heterocycles. The average Bonchev–Trinajstić information content (AvgIpc) is 3.43. The molecule has 24 heavy (non-hydrogen) atoms. The molecule has 0 radical (unpaired) electrons. The first-order valence-electron chi connectivity index (χ1n) is 8.61. The predicted molar refractivity (Wildman–Crippen MR) is 97.2 cm³/mol. The maximum atomic E-state index is 4.68. The summed E-state index contributed by atoms with van der Waals surface area (Å²) < 4.78 is 0. The van der Waals surface area contributed by atoms with E-state index in [9.17, 15) is 0 Å². The van der Waals surface area contributed by atoms with Crippen LogP contribution < -0.4 is 10.6 Å². The van der Waals surface area contributed by atoms with Crippen molar-refractivity contribution in [2.45, 2.75) is 31.7 Å². The van der Waals surface area contributed by atoms with Crippen molar-refractivity contribution in [1.82, 2.24) is 19.9 Å². The van der Waals surface area contributed by atoms with Crippen LogP contribution in [0.15, 0.2) is 30.6 Å². The molecular weight excluding hydrogens is 300 g/mol. The number of aromatic nitrogens is 3. The van der Waals surface area contributed by atoms with Gasteiger partial charge in [0.2, 0.25) is 5.95 Å². The number of pyridine rings is 1. The monoisotopic (exact) mass is 326 g/mol. The third-order valence-electron chi connectivity index (χ3n) is 4.00. The molecule has 6 heteroatoms. The molecule has 0 saturated heterocycles. The van der Waals surface area contributed by atoms with Gasteiger partial charge in [-0.05, 0) is 51.5 Å². The summed E-state index contributed by atoms with van der Waals surface area (Å²) in [6.45, 7) is 2.66. The Morgan fingerprint density at radius 2 is 2.08 bits per heavy atom. The SMILES string of the molecule is CN(C)CCCNc1nc(NCc2cccnc2)cc(C2CC2)n1. The smallest absolute Gasteiger partial charge is 0.224 e. The molecule has 0 aromatic carbocycles. The standard InChI is InChI=1S/C18H26N6/c1-24(2)10-4-9-20-18-22-16(15-6-7-15)11-17(23-18)21-13-14-5-3-8-19-12-14/h3,5,8,11-12,15H,4,6-7,9-10,13H2,1-2H3,(H2,20,21,22,23). The molecule has 1 aliphatic carbocycles. The summed E-state index contributed by atoms with van der Waals surface area (Å²) in [5.41, 5.74) is 2.29. The number of rotatable bonds is 9. The molecule has 2 aromatic rings. The predicted octanol–water partition coefficient (Wildman–Crippen LogP) is 2.72. The van der Waals surface area contributed by atoms with Crippen molar-refractivity contribution in [1.29, 1.82) is 0 Å². The van der Waals surface area contributed by atoms with Crippen LogP contribution in [0.2, 0.25) is 0 Å². The molecule has 128 valence electrons. The van der Waals surface area contributed by atoms with Crippen molar-refractivity contribution >= 4 is 11.8 Å². The van der Waals surface area contributed by atoms with Gasteiger partial charge < -0.3 is 15.5 Å². The fraction of sp³-hybridized carbons (Fsp3) is 0.500. The van der Waals surface area contributed by atoms with E-state index in [1.807, 2.05) is 12.3 Å². The van der Waals surface area contributed by atoms with E-state index in [0.717, 1.165) is 49.1 Å². The molecule has 1 aliphatic rings. The van der Waals surface area contributed by atoms with Crippen LogP contribution in [0.25, 0.3) is 0 Å². The Kier molecular flexibility index (Phi) is 5.59. The minimum absolute atomic E-state index is 0.606. The van der Waals surface area contributed by atoms with E-state index in [2.05, 4.69) is 56.7 Å². The topological polar surface area (TPSA) is 66.0 Å². The fourth-order valence-corrected chi connectivity index (χ4v) is 2.51. The van der Waals surface area contributed by atoms with Crippen LogP contribution in [0.4, 0.5) is 11.8 Å². The molecule has 3 rings (SSSR count). The second-order valence-electron chi connectivity index (χ2n) is 6.57. The zero-order chi connectivity index (χ0) is 16.8. The number of anilines is 2. The van der Waals surface area contributed by atoms with Crippen molar-refractivity contribution in [2.24, 2.45) is 0 Å². The van der Waals surface area contributed by atoms with Crippen LogP contribution in [0.3, 0.4) is 0 Å². The Balaban J connectivity index is 1.62. The van der Waals surface area contributed by atoms with Crippen LogP contribution in [0, 0.1) is 0 Å². The number of hydrogen-bond acceptors (Lipinski definition) is 6. The Morgan fingerprint density at radius 3 is 2.79 bits per heavy atom. The highest BCUT2D eigenvalue weighted by Gasteiger charge is 2.26. The van der Waals surface area contributed by atoms with E-state index < -0.39 is 0 Å². The first-order valence-corrected chi connectivity index (χ1v) is 8.61. The lowest BCUT2D eigenvalue weighted by Gasteiger charge is -2.12. The van der Waals surface area contributed by atoms with Crippen molar-refractivity contribution in [3.05, 3.63) is 41.9 Å². The second-order valence-corrected chi connectivity index (χ2v) is 6.57. The molecule has 0 aliphatic heterocycles. The van der Waals surface area contributed by atoms with Crippen LogP contribution >= 0.6 is 0 Å². The summed E-state index contributed by atoms with van der Waals surface area (Å²) in [5, 5.41) is 6.75. The molecule has 0 unspecified atom stereocenters. The quantitative estimate of drug-likeness (QED) is 0.691. The highest BCUT2D eigenvalue weighted by Crippen LogP contribution is 2.39. The van der Waals surface area contributed by atoms with Gasteiger partial charge in [-0.25, -0.2) is 4.98 Å². The largest absolute Gasteiger partial charge is 0.366 e. The number of hydrogen-bond donors (Lipinski definition) is 2. The Bertz CT molecular complexity index is 639. The van der Waals surface area contributed by atoms with E-state index >= 15 is 0 Å². The van der Waals surface area contributed by atoms with Crippen LogP contribution in [-0.2, 0) is 6.54 Å². The summed E-state index contributed by atoms with van der Waals surface area (Å²) in [6.07, 6.45) is 7.20. The number of nitrogens with one attached hydrogen (secondary N) is 2. The van der Waals surface area contributed by atoms with Gasteiger partial charge in [-0.1, -0.05) is 6.07 Å². The zero-order valence-corrected chi connectivity index (χ0v) is 14.5. The van der Waals surface area contributed by atoms with Gasteiger partial charge in [-0.3, -0.25) is 4.98 Å². The highest BCUT2D eigenvalue weighted by atomic mass is 15.1. The van der Waals surface area contributed by atoms with Crippen molar-refractivity contribution in [3.63, 3.8) is 0 Å². The van der Waals surface area contributed by atoms with Crippen LogP contribution in [-0.4, -0.2) is 47.0 Å². The Hall–Kier alpha value is -2.21. The van der Waals surface area contributed by atoms with Gasteiger partial charge in [-0.15, -0.1) is 0 Å². The Labute approximate surface area is 143 Å². The van der Waals surface area contributed by atoms with Crippen LogP contribution in [0.5, 0.6) is 0 Å². The van der Waals surface area contributed by atoms with Gasteiger partial charge >= 0.3 is 0 Å². The maximum absolute atomic E-state index is 4.68. The lowest BCUT2D eigenvalue weighted by atomic mass is 10.2. The summed E-state index contributed by atoms with van der Waals surface area (Å²) in [4.78, 5) is 15.6. The second kappa shape index (κ2) is 8.06. The normalized spacial score (nSPS) is 14.0. The van der Waals surface area contributed by atoms with E-state index in [1.165, 1.54) is 12.8 Å². The molecule has 1 saturated carbocycles. The van der Waals surface area contributed by atoms with E-state index in [1.54, 1.807) is 6.20 Å². The molecule has 0 spiro atoms. The van der Waals surface area contributed by atoms with E-state index in [-0.39, 0.29) is 0 Å². The van der Waals surface area contributed by atoms with Gasteiger partial charge in [0.05, 0.1) is 5.69 Å². The van der Waals surface area contributed by atoms with Gasteiger partial charge in [-0.2, -0.15) is 4.98 Å². The third-order valence-corrected chi connectivity index (χ3v) is 4.00. The molecule has 2 aromatic heterocycles. The summed E-state index contributed by atoms with van der Waals surface area (Å²) >= 11 is 0. The first kappa shape index (κ1) is 16.6. The summed E-state index contributed by atoms with van der Waals surface area (Å²) in [7, 11) is 4.18. The highest BCUT2D eigenvalue weighted by molar-refractivity contribution is 5.44. The molecule has 0 amide bonds. The minimum atomic E-state index is 0.606. The molecule has 2 N–H and O–H groups in total. The summed E-state index contributed by atoms with van der Waals surface area (Å²) in [5.74, 6) is 2.21. The molecular formula is C18H26N6. The lowest BCUT2D eigenvalue weighted by Crippen LogP contribution is -2.17. The van der Waals surface area contributed by atoms with Crippen molar-refractivity contribution in [3.8, 4) is 0 Å². The van der Waals surface area contributed by atoms with Gasteiger partial charge in [0.1, 0.15) is 5.82 Å². The minimum Gasteiger partial charge on any atom is -0.366 e. The summed E-state index contributed by atoms with van der Waals surface area (Å²) in [6, 6.07) is 6.09. The van der Waals surface area contributed by atoms with E-state index in [0.29, 0.717) is 5.92 Å². The molecule has 0 bridgehead atoms. The lowest BCUT2D eigenvalue weighted by molar-refractivity contribution is 0.405. The molecule has 1 fully saturated rings. The van der Waals surface area contributed by atoms with Gasteiger partial charge in [0.25, 0.3) is 0 Å². The van der Waals surface area contributed by atoms with Crippen LogP contribution in [0.1, 0.15) is 36.4 Å². The van der Waals surface area contributed by atoms with E-state index in [4.69, 9.17) is 0 Å². The Morgan fingerprint density at radius 1 is 1.21 bits per heavy atom. The molecule has 0 atom stereocenters.